The van der Waals surface area contributed by atoms with Gasteiger partial charge in [-0.15, -0.1) is 0 Å². The van der Waals surface area contributed by atoms with Crippen LogP contribution in [0.1, 0.15) is 25.0 Å². The maximum atomic E-state index is 6.60. The second-order valence-electron chi connectivity index (χ2n) is 14.5. The van der Waals surface area contributed by atoms with E-state index in [1.165, 1.54) is 33.0 Å². The highest BCUT2D eigenvalue weighted by Crippen LogP contribution is 2.51. The summed E-state index contributed by atoms with van der Waals surface area (Å²) in [5, 5.41) is 6.95. The second kappa shape index (κ2) is 10.7. The number of fused-ring (bicyclic) bond motifs is 11. The minimum Gasteiger partial charge on any atom is -0.456 e. The first-order valence-electron chi connectivity index (χ1n) is 17.9. The molecule has 0 bridgehead atoms. The van der Waals surface area contributed by atoms with Crippen molar-refractivity contribution in [3.8, 4) is 22.3 Å². The third-order valence-electron chi connectivity index (χ3n) is 11.3. The van der Waals surface area contributed by atoms with Crippen molar-refractivity contribution in [1.82, 2.24) is 0 Å². The summed E-state index contributed by atoms with van der Waals surface area (Å²) < 4.78 is 13.0. The molecule has 11 rings (SSSR count). The minimum atomic E-state index is -0.0635. The summed E-state index contributed by atoms with van der Waals surface area (Å²) in [6.45, 7) is 4.66. The normalized spacial score (nSPS) is 13.3. The van der Waals surface area contributed by atoms with Crippen LogP contribution in [0.3, 0.4) is 0 Å². The monoisotopic (exact) mass is 667 g/mol. The van der Waals surface area contributed by atoms with Gasteiger partial charge in [0.15, 0.2) is 0 Å². The molecule has 3 nitrogen and oxygen atoms in total. The highest BCUT2D eigenvalue weighted by Gasteiger charge is 2.35. The molecular weight excluding hydrogens is 635 g/mol. The van der Waals surface area contributed by atoms with E-state index < -0.39 is 0 Å². The molecule has 2 aromatic heterocycles. The van der Waals surface area contributed by atoms with Gasteiger partial charge >= 0.3 is 0 Å². The van der Waals surface area contributed by atoms with Crippen molar-refractivity contribution < 1.29 is 8.83 Å². The molecule has 0 atom stereocenters. The second-order valence-corrected chi connectivity index (χ2v) is 14.5. The van der Waals surface area contributed by atoms with E-state index in [-0.39, 0.29) is 5.41 Å². The Bertz CT molecular complexity index is 3050. The highest BCUT2D eigenvalue weighted by molar-refractivity contribution is 6.22. The van der Waals surface area contributed by atoms with Gasteiger partial charge in [-0.05, 0) is 93.2 Å². The van der Waals surface area contributed by atoms with Crippen molar-refractivity contribution in [2.45, 2.75) is 19.3 Å². The average molecular weight is 668 g/mol. The molecule has 1 aliphatic carbocycles. The number of hydrogen-bond donors (Lipinski definition) is 0. The van der Waals surface area contributed by atoms with Gasteiger partial charge in [-0.3, -0.25) is 0 Å². The van der Waals surface area contributed by atoms with Crippen molar-refractivity contribution in [3.05, 3.63) is 175 Å². The molecule has 0 unspecified atom stereocenters. The molecule has 0 fully saturated rings. The van der Waals surface area contributed by atoms with Gasteiger partial charge in [-0.2, -0.15) is 0 Å². The molecule has 0 saturated carbocycles. The Kier molecular flexibility index (Phi) is 6.01. The lowest BCUT2D eigenvalue weighted by Gasteiger charge is -2.27. The third-order valence-corrected chi connectivity index (χ3v) is 11.3. The van der Waals surface area contributed by atoms with Crippen LogP contribution >= 0.6 is 0 Å². The summed E-state index contributed by atoms with van der Waals surface area (Å²) in [7, 11) is 0. The van der Waals surface area contributed by atoms with Crippen LogP contribution in [0.5, 0.6) is 0 Å². The number of nitrogens with zero attached hydrogens (tertiary/aromatic N) is 1. The van der Waals surface area contributed by atoms with Crippen molar-refractivity contribution in [1.29, 1.82) is 0 Å². The topological polar surface area (TPSA) is 29.5 Å². The summed E-state index contributed by atoms with van der Waals surface area (Å²) in [4.78, 5) is 2.35. The molecule has 2 heterocycles. The molecule has 0 spiro atoms. The molecule has 0 radical (unpaired) electrons. The van der Waals surface area contributed by atoms with E-state index in [0.29, 0.717) is 0 Å². The smallest absolute Gasteiger partial charge is 0.143 e. The van der Waals surface area contributed by atoms with Gasteiger partial charge in [0, 0.05) is 55.7 Å². The molecule has 1 aliphatic rings. The van der Waals surface area contributed by atoms with E-state index in [4.69, 9.17) is 8.83 Å². The molecule has 0 saturated heterocycles. The van der Waals surface area contributed by atoms with E-state index >= 15 is 0 Å². The van der Waals surface area contributed by atoms with Crippen molar-refractivity contribution >= 4 is 71.7 Å². The Morgan fingerprint density at radius 2 is 1.04 bits per heavy atom. The first-order valence-corrected chi connectivity index (χ1v) is 17.9. The van der Waals surface area contributed by atoms with Crippen LogP contribution in [0.25, 0.3) is 76.9 Å². The van der Waals surface area contributed by atoms with Gasteiger partial charge in [0.05, 0.1) is 0 Å². The number of furan rings is 2. The Labute approximate surface area is 301 Å². The Morgan fingerprint density at radius 1 is 0.423 bits per heavy atom. The van der Waals surface area contributed by atoms with Crippen LogP contribution < -0.4 is 4.90 Å². The van der Waals surface area contributed by atoms with Gasteiger partial charge in [-0.1, -0.05) is 117 Å². The number of benzene rings is 8. The quantitative estimate of drug-likeness (QED) is 0.187. The molecule has 3 heteroatoms. The van der Waals surface area contributed by atoms with Gasteiger partial charge in [0.2, 0.25) is 0 Å². The number of anilines is 3. The first kappa shape index (κ1) is 29.2. The molecule has 0 aliphatic heterocycles. The van der Waals surface area contributed by atoms with Gasteiger partial charge in [0.1, 0.15) is 22.3 Å². The predicted molar refractivity (Wildman–Crippen MR) is 216 cm³/mol. The standard InChI is InChI=1S/C49H33NO2/c1-49(2)42-16-8-5-13-36(42)41-28-33(24-26-43(41)49)50(34-23-25-38-37-14-6-9-17-44(37)51-46(38)29-34)32-21-19-30(20-22-32)40-27-31-11-3-4-12-35(31)47-39-15-7-10-18-45(39)52-48(40)47/h3-29H,1-2H3. The van der Waals surface area contributed by atoms with Crippen LogP contribution in [0.4, 0.5) is 17.1 Å². The van der Waals surface area contributed by atoms with E-state index in [0.717, 1.165) is 72.1 Å². The molecule has 0 N–H and O–H groups in total. The van der Waals surface area contributed by atoms with Crippen LogP contribution in [0, 0.1) is 0 Å². The van der Waals surface area contributed by atoms with Gasteiger partial charge in [0.25, 0.3) is 0 Å². The fourth-order valence-corrected chi connectivity index (χ4v) is 8.73. The third kappa shape index (κ3) is 4.14. The van der Waals surface area contributed by atoms with Crippen LogP contribution in [-0.4, -0.2) is 0 Å². The number of rotatable bonds is 4. The zero-order chi connectivity index (χ0) is 34.6. The molecule has 246 valence electrons. The summed E-state index contributed by atoms with van der Waals surface area (Å²) in [5.74, 6) is 0. The molecule has 10 aromatic rings. The van der Waals surface area contributed by atoms with Crippen molar-refractivity contribution in [2.24, 2.45) is 0 Å². The Balaban J connectivity index is 1.10. The summed E-state index contributed by atoms with van der Waals surface area (Å²) >= 11 is 0. The van der Waals surface area contributed by atoms with Crippen LogP contribution in [0.2, 0.25) is 0 Å². The van der Waals surface area contributed by atoms with Crippen LogP contribution in [-0.2, 0) is 5.41 Å². The van der Waals surface area contributed by atoms with E-state index in [1.54, 1.807) is 0 Å². The maximum Gasteiger partial charge on any atom is 0.143 e. The molecular formula is C49H33NO2. The largest absolute Gasteiger partial charge is 0.456 e. The maximum absolute atomic E-state index is 6.60. The highest BCUT2D eigenvalue weighted by atomic mass is 16.3. The lowest BCUT2D eigenvalue weighted by Crippen LogP contribution is -2.15. The molecule has 52 heavy (non-hydrogen) atoms. The van der Waals surface area contributed by atoms with Crippen molar-refractivity contribution in [3.63, 3.8) is 0 Å². The first-order chi connectivity index (χ1) is 25.5. The SMILES string of the molecule is CC1(C)c2ccccc2-c2cc(N(c3ccc(-c4cc5ccccc5c5c4oc4ccccc45)cc3)c3ccc4c(c3)oc3ccccc34)ccc21. The zero-order valence-electron chi connectivity index (χ0n) is 28.9. The molecule has 8 aromatic carbocycles. The summed E-state index contributed by atoms with van der Waals surface area (Å²) in [6.07, 6.45) is 0. The lowest BCUT2D eigenvalue weighted by molar-refractivity contribution is 0.660. The summed E-state index contributed by atoms with van der Waals surface area (Å²) in [6, 6.07) is 58.7. The van der Waals surface area contributed by atoms with E-state index in [2.05, 4.69) is 164 Å². The van der Waals surface area contributed by atoms with Crippen LogP contribution in [0.15, 0.2) is 173 Å². The van der Waals surface area contributed by atoms with E-state index in [1.807, 2.05) is 18.2 Å². The summed E-state index contributed by atoms with van der Waals surface area (Å²) in [5.41, 5.74) is 14.2. The van der Waals surface area contributed by atoms with E-state index in [9.17, 15) is 0 Å². The van der Waals surface area contributed by atoms with Gasteiger partial charge < -0.3 is 13.7 Å². The predicted octanol–water partition coefficient (Wildman–Crippen LogP) is 14.1. The average Bonchev–Trinajstić information content (AvgIpc) is 3.83. The fraction of sp³-hybridized carbons (Fsp3) is 0.0612. The number of hydrogen-bond acceptors (Lipinski definition) is 3. The fourth-order valence-electron chi connectivity index (χ4n) is 8.73. The van der Waals surface area contributed by atoms with Crippen molar-refractivity contribution in [2.75, 3.05) is 4.90 Å². The molecule has 0 amide bonds. The minimum absolute atomic E-state index is 0.0635. The zero-order valence-corrected chi connectivity index (χ0v) is 28.9. The Morgan fingerprint density at radius 3 is 1.88 bits per heavy atom. The van der Waals surface area contributed by atoms with Gasteiger partial charge in [-0.25, -0.2) is 0 Å². The Hall–Kier alpha value is -6.58. The lowest BCUT2D eigenvalue weighted by atomic mass is 9.82. The number of para-hydroxylation sites is 2.